The van der Waals surface area contributed by atoms with E-state index in [1.807, 2.05) is 18.7 Å². The molecule has 0 unspecified atom stereocenters. The summed E-state index contributed by atoms with van der Waals surface area (Å²) in [6.07, 6.45) is 4.46. The van der Waals surface area contributed by atoms with E-state index in [4.69, 9.17) is 0 Å². The van der Waals surface area contributed by atoms with Crippen LogP contribution in [0.4, 0.5) is 5.69 Å². The van der Waals surface area contributed by atoms with E-state index in [0.29, 0.717) is 6.54 Å². The van der Waals surface area contributed by atoms with E-state index in [9.17, 15) is 8.42 Å². The van der Waals surface area contributed by atoms with Crippen molar-refractivity contribution in [3.63, 3.8) is 0 Å². The first kappa shape index (κ1) is 13.5. The van der Waals surface area contributed by atoms with Gasteiger partial charge in [0.25, 0.3) is 0 Å². The predicted octanol–water partition coefficient (Wildman–Crippen LogP) is 1.14. The summed E-state index contributed by atoms with van der Waals surface area (Å²) in [5.74, 6) is 0. The fourth-order valence-electron chi connectivity index (χ4n) is 1.62. The number of nitrogens with one attached hydrogen (secondary N) is 1. The molecule has 2 rings (SSSR count). The molecule has 2 heterocycles. The fraction of sp³-hybridized carbons (Fsp3) is 0.333. The van der Waals surface area contributed by atoms with E-state index in [1.54, 1.807) is 12.3 Å². The van der Waals surface area contributed by atoms with E-state index in [-0.39, 0.29) is 5.03 Å². The van der Waals surface area contributed by atoms with Crippen LogP contribution in [0.2, 0.25) is 0 Å². The van der Waals surface area contributed by atoms with Crippen LogP contribution < -0.4 is 5.32 Å². The third-order valence-electron chi connectivity index (χ3n) is 2.94. The molecule has 19 heavy (non-hydrogen) atoms. The van der Waals surface area contributed by atoms with Crippen molar-refractivity contribution in [3.8, 4) is 0 Å². The Hall–Kier alpha value is -1.89. The summed E-state index contributed by atoms with van der Waals surface area (Å²) in [4.78, 5) is 3.92. The SMILES string of the molecule is Cc1c(CNc2ccc(S(C)(=O)=O)nc2)cnn1C. The molecule has 102 valence electrons. The molecule has 2 aromatic rings. The number of hydrogen-bond acceptors (Lipinski definition) is 5. The molecule has 0 aliphatic heterocycles. The minimum Gasteiger partial charge on any atom is -0.380 e. The number of rotatable bonds is 4. The van der Waals surface area contributed by atoms with E-state index in [2.05, 4.69) is 15.4 Å². The fourth-order valence-corrected chi connectivity index (χ4v) is 2.18. The molecule has 0 radical (unpaired) electrons. The second kappa shape index (κ2) is 5.00. The maximum absolute atomic E-state index is 11.3. The van der Waals surface area contributed by atoms with Crippen molar-refractivity contribution in [3.05, 3.63) is 35.8 Å². The van der Waals surface area contributed by atoms with Gasteiger partial charge in [-0.1, -0.05) is 0 Å². The molecular weight excluding hydrogens is 264 g/mol. The van der Waals surface area contributed by atoms with E-state index >= 15 is 0 Å². The highest BCUT2D eigenvalue weighted by Gasteiger charge is 2.08. The van der Waals surface area contributed by atoms with Crippen LogP contribution in [0.15, 0.2) is 29.6 Å². The van der Waals surface area contributed by atoms with Crippen molar-refractivity contribution in [2.45, 2.75) is 18.5 Å². The number of nitrogens with zero attached hydrogens (tertiary/aromatic N) is 3. The van der Waals surface area contributed by atoms with E-state index in [1.165, 1.54) is 12.3 Å². The zero-order valence-electron chi connectivity index (χ0n) is 11.1. The molecule has 0 aromatic carbocycles. The van der Waals surface area contributed by atoms with Gasteiger partial charge in [0, 0.05) is 31.1 Å². The Morgan fingerprint density at radius 3 is 2.53 bits per heavy atom. The average molecular weight is 280 g/mol. The Morgan fingerprint density at radius 1 is 1.32 bits per heavy atom. The van der Waals surface area contributed by atoms with Gasteiger partial charge >= 0.3 is 0 Å². The smallest absolute Gasteiger partial charge is 0.192 e. The van der Waals surface area contributed by atoms with Gasteiger partial charge in [0.05, 0.1) is 18.1 Å². The first-order chi connectivity index (χ1) is 8.88. The Balaban J connectivity index is 2.07. The van der Waals surface area contributed by atoms with E-state index in [0.717, 1.165) is 23.2 Å². The summed E-state index contributed by atoms with van der Waals surface area (Å²) < 4.78 is 24.4. The van der Waals surface area contributed by atoms with Gasteiger partial charge in [-0.25, -0.2) is 13.4 Å². The van der Waals surface area contributed by atoms with Crippen molar-refractivity contribution in [2.24, 2.45) is 7.05 Å². The zero-order valence-corrected chi connectivity index (χ0v) is 11.9. The average Bonchev–Trinajstić information content (AvgIpc) is 2.67. The highest BCUT2D eigenvalue weighted by Crippen LogP contribution is 2.13. The van der Waals surface area contributed by atoms with Crippen molar-refractivity contribution < 1.29 is 8.42 Å². The summed E-state index contributed by atoms with van der Waals surface area (Å²) in [6, 6.07) is 3.20. The van der Waals surface area contributed by atoms with Crippen LogP contribution in [-0.4, -0.2) is 29.4 Å². The molecule has 0 fully saturated rings. The Morgan fingerprint density at radius 2 is 2.05 bits per heavy atom. The lowest BCUT2D eigenvalue weighted by atomic mass is 10.2. The van der Waals surface area contributed by atoms with Crippen molar-refractivity contribution in [1.82, 2.24) is 14.8 Å². The van der Waals surface area contributed by atoms with Crippen LogP contribution in [0, 0.1) is 6.92 Å². The lowest BCUT2D eigenvalue weighted by Gasteiger charge is -2.06. The maximum atomic E-state index is 11.3. The minimum atomic E-state index is -3.24. The molecule has 2 aromatic heterocycles. The number of pyridine rings is 1. The molecule has 0 aliphatic rings. The van der Waals surface area contributed by atoms with Crippen molar-refractivity contribution >= 4 is 15.5 Å². The van der Waals surface area contributed by atoms with Gasteiger partial charge in [-0.15, -0.1) is 0 Å². The topological polar surface area (TPSA) is 76.9 Å². The summed E-state index contributed by atoms with van der Waals surface area (Å²) in [5.41, 5.74) is 2.96. The first-order valence-corrected chi connectivity index (χ1v) is 7.64. The van der Waals surface area contributed by atoms with Gasteiger partial charge in [0.1, 0.15) is 0 Å². The molecule has 1 N–H and O–H groups in total. The molecule has 0 saturated heterocycles. The second-order valence-corrected chi connectivity index (χ2v) is 6.35. The number of sulfone groups is 1. The maximum Gasteiger partial charge on any atom is 0.192 e. The molecule has 0 spiro atoms. The highest BCUT2D eigenvalue weighted by molar-refractivity contribution is 7.90. The van der Waals surface area contributed by atoms with Gasteiger partial charge < -0.3 is 5.32 Å². The normalized spacial score (nSPS) is 11.5. The largest absolute Gasteiger partial charge is 0.380 e. The number of aryl methyl sites for hydroxylation is 1. The summed E-state index contributed by atoms with van der Waals surface area (Å²) in [6.45, 7) is 2.62. The van der Waals surface area contributed by atoms with Crippen LogP contribution in [0.1, 0.15) is 11.3 Å². The van der Waals surface area contributed by atoms with Crippen LogP contribution in [0.25, 0.3) is 0 Å². The van der Waals surface area contributed by atoms with Gasteiger partial charge in [0.2, 0.25) is 0 Å². The lowest BCUT2D eigenvalue weighted by molar-refractivity contribution is 0.598. The van der Waals surface area contributed by atoms with Crippen LogP contribution >= 0.6 is 0 Å². The van der Waals surface area contributed by atoms with Crippen molar-refractivity contribution in [1.29, 1.82) is 0 Å². The number of anilines is 1. The molecule has 0 saturated carbocycles. The molecular formula is C12H16N4O2S. The molecule has 6 nitrogen and oxygen atoms in total. The monoisotopic (exact) mass is 280 g/mol. The van der Waals surface area contributed by atoms with Crippen LogP contribution in [0.5, 0.6) is 0 Å². The van der Waals surface area contributed by atoms with Gasteiger partial charge in [-0.05, 0) is 19.1 Å². The molecule has 0 bridgehead atoms. The predicted molar refractivity (Wildman–Crippen MR) is 72.6 cm³/mol. The first-order valence-electron chi connectivity index (χ1n) is 5.75. The highest BCUT2D eigenvalue weighted by atomic mass is 32.2. The molecule has 0 atom stereocenters. The summed E-state index contributed by atoms with van der Waals surface area (Å²) >= 11 is 0. The third kappa shape index (κ3) is 3.11. The third-order valence-corrected chi connectivity index (χ3v) is 3.94. The quantitative estimate of drug-likeness (QED) is 0.908. The van der Waals surface area contributed by atoms with Crippen LogP contribution in [-0.2, 0) is 23.4 Å². The Labute approximate surface area is 112 Å². The lowest BCUT2D eigenvalue weighted by Crippen LogP contribution is -2.04. The summed E-state index contributed by atoms with van der Waals surface area (Å²) in [7, 11) is -1.35. The van der Waals surface area contributed by atoms with Gasteiger partial charge in [-0.2, -0.15) is 5.10 Å². The van der Waals surface area contributed by atoms with E-state index < -0.39 is 9.84 Å². The Bertz CT molecular complexity index is 674. The minimum absolute atomic E-state index is 0.0793. The zero-order chi connectivity index (χ0) is 14.0. The van der Waals surface area contributed by atoms with Gasteiger partial charge in [0.15, 0.2) is 14.9 Å². The second-order valence-electron chi connectivity index (χ2n) is 4.39. The molecule has 0 amide bonds. The standard InChI is InChI=1S/C12H16N4O2S/c1-9-10(7-15-16(9)2)6-13-11-4-5-12(14-8-11)19(3,17)18/h4-5,7-8,13H,6H2,1-3H3. The van der Waals surface area contributed by atoms with Crippen molar-refractivity contribution in [2.75, 3.05) is 11.6 Å². The van der Waals surface area contributed by atoms with Crippen LogP contribution in [0.3, 0.4) is 0 Å². The number of hydrogen-bond donors (Lipinski definition) is 1. The molecule has 0 aliphatic carbocycles. The molecule has 7 heteroatoms. The summed E-state index contributed by atoms with van der Waals surface area (Å²) in [5, 5.41) is 7.42. The number of aromatic nitrogens is 3. The van der Waals surface area contributed by atoms with Gasteiger partial charge in [-0.3, -0.25) is 4.68 Å². The Kier molecular flexibility index (Phi) is 3.57.